The van der Waals surface area contributed by atoms with Gasteiger partial charge in [-0.1, -0.05) is 31.9 Å². The molecule has 0 aromatic carbocycles. The molecule has 2 saturated carbocycles. The highest BCUT2D eigenvalue weighted by molar-refractivity contribution is 9.12. The van der Waals surface area contributed by atoms with Crippen molar-refractivity contribution in [3.8, 4) is 0 Å². The second kappa shape index (κ2) is 2.96. The zero-order valence-corrected chi connectivity index (χ0v) is 11.4. The Bertz CT molecular complexity index is 245. The molecule has 1 heterocycles. The van der Waals surface area contributed by atoms with Crippen molar-refractivity contribution in [3.05, 3.63) is 0 Å². The minimum Gasteiger partial charge on any atom is -0.344 e. The van der Waals surface area contributed by atoms with Gasteiger partial charge in [0, 0.05) is 21.5 Å². The van der Waals surface area contributed by atoms with Crippen molar-refractivity contribution in [1.29, 1.82) is 0 Å². The first-order valence-corrected chi connectivity index (χ1v) is 6.96. The van der Waals surface area contributed by atoms with E-state index in [1.807, 2.05) is 13.8 Å². The van der Waals surface area contributed by atoms with Gasteiger partial charge in [0.15, 0.2) is 5.79 Å². The Balaban J connectivity index is 1.89. The third kappa shape index (κ3) is 1.20. The summed E-state index contributed by atoms with van der Waals surface area (Å²) in [5, 5.41) is 0. The van der Waals surface area contributed by atoms with Gasteiger partial charge in [-0.2, -0.15) is 0 Å². The molecule has 2 bridgehead atoms. The van der Waals surface area contributed by atoms with E-state index >= 15 is 0 Å². The van der Waals surface area contributed by atoms with Gasteiger partial charge in [0.2, 0.25) is 0 Å². The summed E-state index contributed by atoms with van der Waals surface area (Å²) in [6.45, 7) is 4.02. The largest absolute Gasteiger partial charge is 0.344 e. The Kier molecular flexibility index (Phi) is 2.13. The van der Waals surface area contributed by atoms with E-state index in [2.05, 4.69) is 31.9 Å². The summed E-state index contributed by atoms with van der Waals surface area (Å²) >= 11 is 7.50. The van der Waals surface area contributed by atoms with Crippen molar-refractivity contribution in [2.24, 2.45) is 11.8 Å². The summed E-state index contributed by atoms with van der Waals surface area (Å²) in [6, 6.07) is 0. The fourth-order valence-corrected chi connectivity index (χ4v) is 4.97. The van der Waals surface area contributed by atoms with E-state index in [4.69, 9.17) is 9.47 Å². The zero-order valence-electron chi connectivity index (χ0n) is 8.24. The van der Waals surface area contributed by atoms with Crippen LogP contribution in [0.15, 0.2) is 0 Å². The van der Waals surface area contributed by atoms with Crippen molar-refractivity contribution in [2.45, 2.75) is 47.9 Å². The first kappa shape index (κ1) is 10.1. The Morgan fingerprint density at radius 1 is 1.00 bits per heavy atom. The minimum absolute atomic E-state index is 0.313. The monoisotopic (exact) mass is 324 g/mol. The zero-order chi connectivity index (χ0) is 10.1. The molecule has 3 fully saturated rings. The minimum atomic E-state index is -0.379. The van der Waals surface area contributed by atoms with Crippen LogP contribution in [0.3, 0.4) is 0 Å². The second-order valence-corrected chi connectivity index (χ2v) is 7.13. The SMILES string of the molecule is CC1(C)O[C@@H]2[C@@H]3C[C@@H]([C@@H](Br)[C@@H]3Br)[C@@H]2O1. The average Bonchev–Trinajstić information content (AvgIpc) is 2.62. The van der Waals surface area contributed by atoms with E-state index in [-0.39, 0.29) is 5.79 Å². The van der Waals surface area contributed by atoms with E-state index < -0.39 is 0 Å². The molecular formula is C10H14Br2O2. The molecule has 0 amide bonds. The summed E-state index contributed by atoms with van der Waals surface area (Å²) in [4.78, 5) is 1.09. The van der Waals surface area contributed by atoms with Crippen molar-refractivity contribution < 1.29 is 9.47 Å². The van der Waals surface area contributed by atoms with Crippen LogP contribution in [0.2, 0.25) is 0 Å². The summed E-state index contributed by atoms with van der Waals surface area (Å²) in [5.41, 5.74) is 0. The Morgan fingerprint density at radius 2 is 1.43 bits per heavy atom. The first-order valence-electron chi connectivity index (χ1n) is 5.13. The Hall–Kier alpha value is 0.880. The van der Waals surface area contributed by atoms with Crippen LogP contribution in [-0.4, -0.2) is 27.6 Å². The molecule has 6 atom stereocenters. The molecule has 1 aliphatic heterocycles. The summed E-state index contributed by atoms with van der Waals surface area (Å²) < 4.78 is 11.9. The molecule has 0 N–H and O–H groups in total. The highest BCUT2D eigenvalue weighted by Gasteiger charge is 2.62. The molecule has 14 heavy (non-hydrogen) atoms. The van der Waals surface area contributed by atoms with Crippen LogP contribution in [-0.2, 0) is 9.47 Å². The van der Waals surface area contributed by atoms with E-state index in [0.717, 1.165) is 0 Å². The molecule has 0 aromatic heterocycles. The quantitative estimate of drug-likeness (QED) is 0.637. The third-order valence-electron chi connectivity index (χ3n) is 3.67. The maximum Gasteiger partial charge on any atom is 0.163 e. The maximum atomic E-state index is 5.95. The number of hydrogen-bond donors (Lipinski definition) is 0. The van der Waals surface area contributed by atoms with Gasteiger partial charge < -0.3 is 9.47 Å². The standard InChI is InChI=1S/C10H14Br2O2/c1-10(2)13-8-4-3-5(9(8)14-10)7(12)6(4)11/h4-9H,3H2,1-2H3/t4-,5+,6-,7-,8-,9+/m1/s1. The molecule has 3 aliphatic rings. The van der Waals surface area contributed by atoms with Crippen LogP contribution in [0.25, 0.3) is 0 Å². The topological polar surface area (TPSA) is 18.5 Å². The van der Waals surface area contributed by atoms with Gasteiger partial charge in [-0.3, -0.25) is 0 Å². The lowest BCUT2D eigenvalue weighted by Crippen LogP contribution is -2.41. The first-order chi connectivity index (χ1) is 6.49. The van der Waals surface area contributed by atoms with Crippen molar-refractivity contribution >= 4 is 31.9 Å². The van der Waals surface area contributed by atoms with Crippen LogP contribution in [0, 0.1) is 11.8 Å². The van der Waals surface area contributed by atoms with Crippen LogP contribution >= 0.6 is 31.9 Å². The highest BCUT2D eigenvalue weighted by atomic mass is 79.9. The van der Waals surface area contributed by atoms with Crippen molar-refractivity contribution in [2.75, 3.05) is 0 Å². The lowest BCUT2D eigenvalue weighted by Gasteiger charge is -2.29. The smallest absolute Gasteiger partial charge is 0.163 e. The Morgan fingerprint density at radius 3 is 1.86 bits per heavy atom. The lowest BCUT2D eigenvalue weighted by atomic mass is 9.95. The fourth-order valence-electron chi connectivity index (χ4n) is 3.16. The number of alkyl halides is 2. The van der Waals surface area contributed by atoms with Gasteiger partial charge in [-0.15, -0.1) is 0 Å². The molecule has 1 saturated heterocycles. The van der Waals surface area contributed by atoms with Crippen LogP contribution < -0.4 is 0 Å². The maximum absolute atomic E-state index is 5.95. The normalized spacial score (nSPS) is 59.1. The Labute approximate surface area is 101 Å². The van der Waals surface area contributed by atoms with Gasteiger partial charge in [-0.25, -0.2) is 0 Å². The van der Waals surface area contributed by atoms with E-state index in [1.54, 1.807) is 0 Å². The number of halogens is 2. The van der Waals surface area contributed by atoms with Gasteiger partial charge in [0.1, 0.15) is 0 Å². The molecule has 0 spiro atoms. The summed E-state index contributed by atoms with van der Waals surface area (Å²) in [5.74, 6) is 0.864. The number of hydrogen-bond acceptors (Lipinski definition) is 2. The molecule has 80 valence electrons. The van der Waals surface area contributed by atoms with E-state index in [0.29, 0.717) is 33.7 Å². The number of rotatable bonds is 0. The van der Waals surface area contributed by atoms with E-state index in [9.17, 15) is 0 Å². The molecule has 2 aliphatic carbocycles. The highest BCUT2D eigenvalue weighted by Crippen LogP contribution is 2.57. The summed E-state index contributed by atoms with van der Waals surface area (Å²) in [7, 11) is 0. The van der Waals surface area contributed by atoms with E-state index in [1.165, 1.54) is 6.42 Å². The molecule has 0 aromatic rings. The van der Waals surface area contributed by atoms with Crippen molar-refractivity contribution in [1.82, 2.24) is 0 Å². The number of fused-ring (bicyclic) bond motifs is 5. The predicted octanol–water partition coefficient (Wildman–Crippen LogP) is 2.68. The van der Waals surface area contributed by atoms with Gasteiger partial charge in [0.25, 0.3) is 0 Å². The molecule has 0 radical (unpaired) electrons. The van der Waals surface area contributed by atoms with Crippen LogP contribution in [0.1, 0.15) is 20.3 Å². The van der Waals surface area contributed by atoms with Crippen LogP contribution in [0.5, 0.6) is 0 Å². The lowest BCUT2D eigenvalue weighted by molar-refractivity contribution is -0.157. The predicted molar refractivity (Wildman–Crippen MR) is 60.9 cm³/mol. The number of ether oxygens (including phenoxy) is 2. The molecule has 3 rings (SSSR count). The molecular weight excluding hydrogens is 312 g/mol. The van der Waals surface area contributed by atoms with Crippen molar-refractivity contribution in [3.63, 3.8) is 0 Å². The second-order valence-electron chi connectivity index (χ2n) is 5.02. The van der Waals surface area contributed by atoms with Crippen LogP contribution in [0.4, 0.5) is 0 Å². The third-order valence-corrected chi connectivity index (χ3v) is 6.88. The average molecular weight is 326 g/mol. The van der Waals surface area contributed by atoms with Gasteiger partial charge >= 0.3 is 0 Å². The van der Waals surface area contributed by atoms with Gasteiger partial charge in [0.05, 0.1) is 12.2 Å². The molecule has 4 heteroatoms. The fraction of sp³-hybridized carbons (Fsp3) is 1.00. The molecule has 2 nitrogen and oxygen atoms in total. The van der Waals surface area contributed by atoms with Gasteiger partial charge in [-0.05, 0) is 20.3 Å². The summed E-state index contributed by atoms with van der Waals surface area (Å²) in [6.07, 6.45) is 1.86. The molecule has 0 unspecified atom stereocenters.